The Labute approximate surface area is 91.9 Å². The van der Waals surface area contributed by atoms with Crippen molar-refractivity contribution in [3.8, 4) is 5.75 Å². The van der Waals surface area contributed by atoms with Crippen molar-refractivity contribution in [1.82, 2.24) is 0 Å². The number of aromatic hydroxyl groups is 1. The van der Waals surface area contributed by atoms with Crippen LogP contribution in [0.25, 0.3) is 0 Å². The molecule has 1 aliphatic rings. The fourth-order valence-corrected chi connectivity index (χ4v) is 1.64. The number of hydrogen-bond acceptors (Lipinski definition) is 2. The lowest BCUT2D eigenvalue weighted by Crippen LogP contribution is -2.25. The second-order valence-corrected chi connectivity index (χ2v) is 3.44. The zero-order valence-corrected chi connectivity index (χ0v) is 9.79. The fourth-order valence-electron chi connectivity index (χ4n) is 1.64. The number of phenols is 1. The molecule has 84 valence electrons. The highest BCUT2D eigenvalue weighted by atomic mass is 16.5. The van der Waals surface area contributed by atoms with Gasteiger partial charge in [0.1, 0.15) is 5.75 Å². The quantitative estimate of drug-likeness (QED) is 0.809. The minimum atomic E-state index is 0.409. The number of aryl methyl sites for hydroxylation is 1. The molecule has 1 fully saturated rings. The van der Waals surface area contributed by atoms with Crippen LogP contribution in [-0.2, 0) is 11.2 Å². The topological polar surface area (TPSA) is 29.5 Å². The van der Waals surface area contributed by atoms with Crippen molar-refractivity contribution >= 4 is 0 Å². The van der Waals surface area contributed by atoms with Gasteiger partial charge in [-0.3, -0.25) is 0 Å². The molecule has 0 aromatic heterocycles. The van der Waals surface area contributed by atoms with Gasteiger partial charge in [0.05, 0.1) is 13.2 Å². The van der Waals surface area contributed by atoms with E-state index in [4.69, 9.17) is 4.74 Å². The van der Waals surface area contributed by atoms with Gasteiger partial charge in [0.15, 0.2) is 0 Å². The number of benzene rings is 1. The normalized spacial score (nSPS) is 15.1. The Kier molecular flexibility index (Phi) is 4.63. The number of rotatable bonds is 2. The van der Waals surface area contributed by atoms with Crippen molar-refractivity contribution in [2.24, 2.45) is 0 Å². The monoisotopic (exact) mass is 208 g/mol. The third kappa shape index (κ3) is 2.51. The average molecular weight is 208 g/mol. The first kappa shape index (κ1) is 12.1. The number of hydrogen-bond donors (Lipinski definition) is 1. The summed E-state index contributed by atoms with van der Waals surface area (Å²) in [4.78, 5) is 0. The standard InChI is InChI=1S/C11H14O2.C2H6/c1-2-8-4-3-5-10(11(8)12)9-6-13-7-9;1-2/h3-5,9,12H,2,6-7H2,1H3;1-2H3. The molecule has 0 atom stereocenters. The predicted molar refractivity (Wildman–Crippen MR) is 62.4 cm³/mol. The van der Waals surface area contributed by atoms with Crippen molar-refractivity contribution in [2.45, 2.75) is 33.1 Å². The molecule has 0 unspecified atom stereocenters. The maximum Gasteiger partial charge on any atom is 0.122 e. The van der Waals surface area contributed by atoms with Crippen LogP contribution in [-0.4, -0.2) is 18.3 Å². The molecule has 1 aromatic rings. The SMILES string of the molecule is CC.CCc1cccc(C2COC2)c1O. The van der Waals surface area contributed by atoms with Crippen LogP contribution in [0.4, 0.5) is 0 Å². The van der Waals surface area contributed by atoms with Crippen LogP contribution in [0.5, 0.6) is 5.75 Å². The van der Waals surface area contributed by atoms with Gasteiger partial charge >= 0.3 is 0 Å². The van der Waals surface area contributed by atoms with Crippen LogP contribution in [0, 0.1) is 0 Å². The summed E-state index contributed by atoms with van der Waals surface area (Å²) in [5.74, 6) is 0.879. The van der Waals surface area contributed by atoms with Gasteiger partial charge in [-0.05, 0) is 12.0 Å². The summed E-state index contributed by atoms with van der Waals surface area (Å²) < 4.78 is 5.11. The van der Waals surface area contributed by atoms with E-state index in [-0.39, 0.29) is 0 Å². The Balaban J connectivity index is 0.000000531. The molecule has 15 heavy (non-hydrogen) atoms. The van der Waals surface area contributed by atoms with Crippen LogP contribution < -0.4 is 0 Å². The van der Waals surface area contributed by atoms with Crippen molar-refractivity contribution in [1.29, 1.82) is 0 Å². The molecule has 2 nitrogen and oxygen atoms in total. The second-order valence-electron chi connectivity index (χ2n) is 3.44. The molecular formula is C13H20O2. The summed E-state index contributed by atoms with van der Waals surface area (Å²) in [7, 11) is 0. The van der Waals surface area contributed by atoms with Gasteiger partial charge in [-0.2, -0.15) is 0 Å². The predicted octanol–water partition coefficient (Wildman–Crippen LogP) is 3.09. The lowest BCUT2D eigenvalue weighted by molar-refractivity contribution is 0.00750. The van der Waals surface area contributed by atoms with Crippen LogP contribution in [0.2, 0.25) is 0 Å². The molecule has 0 spiro atoms. The number of para-hydroxylation sites is 1. The van der Waals surface area contributed by atoms with Crippen LogP contribution in [0.3, 0.4) is 0 Å². The van der Waals surface area contributed by atoms with Gasteiger partial charge in [0, 0.05) is 11.5 Å². The van der Waals surface area contributed by atoms with Crippen molar-refractivity contribution in [3.05, 3.63) is 29.3 Å². The Morgan fingerprint density at radius 2 is 2.00 bits per heavy atom. The van der Waals surface area contributed by atoms with Gasteiger partial charge in [0.25, 0.3) is 0 Å². The van der Waals surface area contributed by atoms with E-state index in [2.05, 4.69) is 6.92 Å². The summed E-state index contributed by atoms with van der Waals surface area (Å²) in [5, 5.41) is 9.87. The number of ether oxygens (including phenoxy) is 1. The zero-order chi connectivity index (χ0) is 11.3. The van der Waals surface area contributed by atoms with E-state index in [1.165, 1.54) is 0 Å². The van der Waals surface area contributed by atoms with E-state index in [1.807, 2.05) is 32.0 Å². The Hall–Kier alpha value is -1.02. The molecule has 0 saturated carbocycles. The summed E-state index contributed by atoms with van der Waals surface area (Å²) in [6.45, 7) is 7.55. The van der Waals surface area contributed by atoms with Crippen molar-refractivity contribution in [3.63, 3.8) is 0 Å². The molecule has 0 radical (unpaired) electrons. The molecular weight excluding hydrogens is 188 g/mol. The van der Waals surface area contributed by atoms with Gasteiger partial charge in [0.2, 0.25) is 0 Å². The second kappa shape index (κ2) is 5.76. The molecule has 1 N–H and O–H groups in total. The van der Waals surface area contributed by atoms with Gasteiger partial charge in [-0.1, -0.05) is 39.0 Å². The average Bonchev–Trinajstić information content (AvgIpc) is 2.21. The summed E-state index contributed by atoms with van der Waals surface area (Å²) >= 11 is 0. The number of phenolic OH excluding ortho intramolecular Hbond substituents is 1. The van der Waals surface area contributed by atoms with Gasteiger partial charge in [-0.25, -0.2) is 0 Å². The molecule has 0 aliphatic carbocycles. The third-order valence-electron chi connectivity index (χ3n) is 2.61. The Morgan fingerprint density at radius 1 is 1.33 bits per heavy atom. The molecule has 2 rings (SSSR count). The molecule has 0 amide bonds. The Bertz CT molecular complexity index is 303. The first-order valence-electron chi connectivity index (χ1n) is 5.71. The minimum absolute atomic E-state index is 0.409. The van der Waals surface area contributed by atoms with Gasteiger partial charge < -0.3 is 9.84 Å². The highest BCUT2D eigenvalue weighted by Crippen LogP contribution is 2.33. The smallest absolute Gasteiger partial charge is 0.122 e. The lowest BCUT2D eigenvalue weighted by Gasteiger charge is -2.27. The van der Waals surface area contributed by atoms with Crippen LogP contribution in [0.15, 0.2) is 18.2 Å². The van der Waals surface area contributed by atoms with Crippen LogP contribution >= 0.6 is 0 Å². The summed E-state index contributed by atoms with van der Waals surface area (Å²) in [6.07, 6.45) is 0.882. The highest BCUT2D eigenvalue weighted by Gasteiger charge is 2.23. The summed E-state index contributed by atoms with van der Waals surface area (Å²) in [6, 6.07) is 5.96. The molecule has 1 saturated heterocycles. The first-order valence-corrected chi connectivity index (χ1v) is 5.71. The molecule has 2 heteroatoms. The highest BCUT2D eigenvalue weighted by molar-refractivity contribution is 5.43. The van der Waals surface area contributed by atoms with E-state index < -0.39 is 0 Å². The van der Waals surface area contributed by atoms with E-state index in [0.717, 1.165) is 30.8 Å². The molecule has 1 heterocycles. The Morgan fingerprint density at radius 3 is 2.47 bits per heavy atom. The summed E-state index contributed by atoms with van der Waals surface area (Å²) in [5.41, 5.74) is 2.08. The molecule has 1 aliphatic heterocycles. The van der Waals surface area contributed by atoms with E-state index in [1.54, 1.807) is 0 Å². The molecule has 1 aromatic carbocycles. The lowest BCUT2D eigenvalue weighted by atomic mass is 9.94. The van der Waals surface area contributed by atoms with E-state index in [0.29, 0.717) is 11.7 Å². The first-order chi connectivity index (χ1) is 7.33. The van der Waals surface area contributed by atoms with E-state index in [9.17, 15) is 5.11 Å². The van der Waals surface area contributed by atoms with Gasteiger partial charge in [-0.15, -0.1) is 0 Å². The zero-order valence-electron chi connectivity index (χ0n) is 9.79. The molecule has 0 bridgehead atoms. The largest absolute Gasteiger partial charge is 0.507 e. The maximum absolute atomic E-state index is 9.87. The maximum atomic E-state index is 9.87. The third-order valence-corrected chi connectivity index (χ3v) is 2.61. The van der Waals surface area contributed by atoms with Crippen molar-refractivity contribution < 1.29 is 9.84 Å². The van der Waals surface area contributed by atoms with E-state index >= 15 is 0 Å². The minimum Gasteiger partial charge on any atom is -0.507 e. The van der Waals surface area contributed by atoms with Crippen molar-refractivity contribution in [2.75, 3.05) is 13.2 Å². The van der Waals surface area contributed by atoms with Crippen LogP contribution in [0.1, 0.15) is 37.8 Å². The fraction of sp³-hybridized carbons (Fsp3) is 0.538.